The molecule has 0 radical (unpaired) electrons. The van der Waals surface area contributed by atoms with Gasteiger partial charge in [-0.15, -0.1) is 0 Å². The molecule has 0 aromatic heterocycles. The second kappa shape index (κ2) is 13.4. The van der Waals surface area contributed by atoms with Crippen LogP contribution in [0.3, 0.4) is 0 Å². The Hall–Kier alpha value is -4.38. The fraction of sp³-hybridized carbons (Fsp3) is 0.250. The number of hydrogen-bond acceptors (Lipinski definition) is 7. The van der Waals surface area contributed by atoms with Crippen molar-refractivity contribution in [2.45, 2.75) is 31.7 Å². The van der Waals surface area contributed by atoms with Crippen LogP contribution in [0.2, 0.25) is 0 Å². The average Bonchev–Trinajstić information content (AvgIpc) is 2.91. The predicted molar refractivity (Wildman–Crippen MR) is 150 cm³/mol. The molecule has 0 unspecified atom stereocenters. The minimum Gasteiger partial charge on any atom is -0.497 e. The van der Waals surface area contributed by atoms with Crippen molar-refractivity contribution in [3.05, 3.63) is 83.9 Å². The lowest BCUT2D eigenvalue weighted by Crippen LogP contribution is -2.39. The third kappa shape index (κ3) is 8.57. The predicted octanol–water partition coefficient (Wildman–Crippen LogP) is 3.25. The topological polar surface area (TPSA) is 126 Å². The molecule has 0 heterocycles. The molecule has 206 valence electrons. The summed E-state index contributed by atoms with van der Waals surface area (Å²) in [4.78, 5) is 24.5. The van der Waals surface area contributed by atoms with Crippen LogP contribution in [0.25, 0.3) is 0 Å². The number of amides is 2. The maximum absolute atomic E-state index is 13.4. The second-order valence-corrected chi connectivity index (χ2v) is 10.8. The number of rotatable bonds is 12. The summed E-state index contributed by atoms with van der Waals surface area (Å²) in [7, 11) is -2.54. The van der Waals surface area contributed by atoms with Crippen molar-refractivity contribution >= 4 is 33.7 Å². The first kappa shape index (κ1) is 29.2. The first-order valence-electron chi connectivity index (χ1n) is 12.2. The van der Waals surface area contributed by atoms with E-state index in [0.29, 0.717) is 22.7 Å². The number of carbonyl (C=O) groups is 2. The number of carbonyl (C=O) groups excluding carboxylic acids is 2. The van der Waals surface area contributed by atoms with Gasteiger partial charge >= 0.3 is 0 Å². The largest absolute Gasteiger partial charge is 0.497 e. The van der Waals surface area contributed by atoms with Crippen LogP contribution in [0.5, 0.6) is 11.5 Å². The second-order valence-electron chi connectivity index (χ2n) is 8.90. The molecule has 39 heavy (non-hydrogen) atoms. The van der Waals surface area contributed by atoms with Crippen molar-refractivity contribution in [2.75, 3.05) is 24.6 Å². The zero-order chi connectivity index (χ0) is 28.4. The minimum atomic E-state index is -4.05. The highest BCUT2D eigenvalue weighted by molar-refractivity contribution is 7.92. The summed E-state index contributed by atoms with van der Waals surface area (Å²) in [5.41, 5.74) is 4.25. The summed E-state index contributed by atoms with van der Waals surface area (Å²) in [6, 6.07) is 19.5. The van der Waals surface area contributed by atoms with Gasteiger partial charge in [0.05, 0.1) is 23.9 Å². The van der Waals surface area contributed by atoms with Crippen LogP contribution in [-0.4, -0.2) is 52.8 Å². The van der Waals surface area contributed by atoms with E-state index in [1.54, 1.807) is 60.7 Å². The molecule has 0 saturated carbocycles. The van der Waals surface area contributed by atoms with Crippen LogP contribution in [-0.2, 0) is 19.6 Å². The van der Waals surface area contributed by atoms with E-state index in [4.69, 9.17) is 9.47 Å². The number of sulfonamides is 1. The van der Waals surface area contributed by atoms with E-state index in [-0.39, 0.29) is 23.5 Å². The van der Waals surface area contributed by atoms with Gasteiger partial charge in [0.25, 0.3) is 21.8 Å². The highest BCUT2D eigenvalue weighted by atomic mass is 32.2. The number of methoxy groups -OCH3 is 1. The SMILES string of the molecule is COc1ccc(N(CC(=O)NN=Cc2ccc(OCC(=O)NC(C)C)cc2)S(=O)(=O)c2ccc(C)cc2)cc1. The van der Waals surface area contributed by atoms with Gasteiger partial charge in [-0.2, -0.15) is 5.10 Å². The third-order valence-corrected chi connectivity index (χ3v) is 7.15. The lowest BCUT2D eigenvalue weighted by Gasteiger charge is -2.24. The molecule has 3 aromatic rings. The van der Waals surface area contributed by atoms with Gasteiger partial charge in [-0.25, -0.2) is 13.8 Å². The zero-order valence-electron chi connectivity index (χ0n) is 22.2. The number of hydrazone groups is 1. The van der Waals surface area contributed by atoms with Crippen molar-refractivity contribution in [1.82, 2.24) is 10.7 Å². The van der Waals surface area contributed by atoms with Gasteiger partial charge in [0, 0.05) is 6.04 Å². The van der Waals surface area contributed by atoms with Gasteiger partial charge in [-0.1, -0.05) is 17.7 Å². The Kier molecular flexibility index (Phi) is 10.0. The highest BCUT2D eigenvalue weighted by Crippen LogP contribution is 2.26. The number of aryl methyl sites for hydroxylation is 1. The average molecular weight is 553 g/mol. The molecule has 0 aliphatic carbocycles. The molecule has 11 heteroatoms. The van der Waals surface area contributed by atoms with E-state index in [9.17, 15) is 18.0 Å². The van der Waals surface area contributed by atoms with Crippen LogP contribution < -0.4 is 24.5 Å². The maximum Gasteiger partial charge on any atom is 0.264 e. The Balaban J connectivity index is 1.67. The number of anilines is 1. The van der Waals surface area contributed by atoms with Crippen LogP contribution in [0.4, 0.5) is 5.69 Å². The zero-order valence-corrected chi connectivity index (χ0v) is 23.1. The molecular formula is C28H32N4O6S. The lowest BCUT2D eigenvalue weighted by atomic mass is 10.2. The third-order valence-electron chi connectivity index (χ3n) is 5.36. The van der Waals surface area contributed by atoms with E-state index in [1.165, 1.54) is 25.5 Å². The summed E-state index contributed by atoms with van der Waals surface area (Å²) in [5, 5.41) is 6.69. The standard InChI is InChI=1S/C28H32N4O6S/c1-20(2)30-28(34)19-38-25-11-7-22(8-12-25)17-29-31-27(33)18-32(23-9-13-24(37-4)14-10-23)39(35,36)26-15-5-21(3)6-16-26/h5-17,20H,18-19H2,1-4H3,(H,30,34)(H,31,33). The molecule has 3 rings (SSSR count). The molecule has 0 aliphatic rings. The molecular weight excluding hydrogens is 520 g/mol. The summed E-state index contributed by atoms with van der Waals surface area (Å²) < 4.78 is 38.5. The van der Waals surface area contributed by atoms with Gasteiger partial charge in [0.2, 0.25) is 0 Å². The summed E-state index contributed by atoms with van der Waals surface area (Å²) in [6.45, 7) is 4.99. The quantitative estimate of drug-likeness (QED) is 0.262. The Morgan fingerprint density at radius 2 is 1.54 bits per heavy atom. The van der Waals surface area contributed by atoms with E-state index < -0.39 is 22.5 Å². The van der Waals surface area contributed by atoms with Gasteiger partial charge in [-0.3, -0.25) is 13.9 Å². The van der Waals surface area contributed by atoms with Crippen molar-refractivity contribution in [3.63, 3.8) is 0 Å². The lowest BCUT2D eigenvalue weighted by molar-refractivity contribution is -0.123. The Morgan fingerprint density at radius 3 is 2.13 bits per heavy atom. The Bertz CT molecular complexity index is 1390. The number of hydrogen-bond donors (Lipinski definition) is 2. The van der Waals surface area contributed by atoms with Gasteiger partial charge in [-0.05, 0) is 87.0 Å². The molecule has 2 N–H and O–H groups in total. The van der Waals surface area contributed by atoms with Crippen molar-refractivity contribution in [2.24, 2.45) is 5.10 Å². The van der Waals surface area contributed by atoms with Crippen LogP contribution >= 0.6 is 0 Å². The van der Waals surface area contributed by atoms with Gasteiger partial charge < -0.3 is 14.8 Å². The Labute approximate surface area is 228 Å². The van der Waals surface area contributed by atoms with E-state index in [2.05, 4.69) is 15.8 Å². The molecule has 0 atom stereocenters. The summed E-state index contributed by atoms with van der Waals surface area (Å²) in [6.07, 6.45) is 1.42. The van der Waals surface area contributed by atoms with Crippen LogP contribution in [0.1, 0.15) is 25.0 Å². The number of benzene rings is 3. The highest BCUT2D eigenvalue weighted by Gasteiger charge is 2.27. The van der Waals surface area contributed by atoms with E-state index >= 15 is 0 Å². The number of ether oxygens (including phenoxy) is 2. The molecule has 10 nitrogen and oxygen atoms in total. The number of nitrogens with one attached hydrogen (secondary N) is 2. The van der Waals surface area contributed by atoms with Crippen LogP contribution in [0, 0.1) is 6.92 Å². The Morgan fingerprint density at radius 1 is 0.923 bits per heavy atom. The smallest absolute Gasteiger partial charge is 0.264 e. The molecule has 0 saturated heterocycles. The molecule has 0 bridgehead atoms. The van der Waals surface area contributed by atoms with Crippen molar-refractivity contribution < 1.29 is 27.5 Å². The molecule has 2 amide bonds. The first-order chi connectivity index (χ1) is 18.6. The fourth-order valence-electron chi connectivity index (χ4n) is 3.41. The molecule has 0 fully saturated rings. The first-order valence-corrected chi connectivity index (χ1v) is 13.6. The fourth-order valence-corrected chi connectivity index (χ4v) is 4.83. The molecule has 0 aliphatic heterocycles. The number of nitrogens with zero attached hydrogens (tertiary/aromatic N) is 2. The van der Waals surface area contributed by atoms with E-state index in [1.807, 2.05) is 20.8 Å². The van der Waals surface area contributed by atoms with Crippen molar-refractivity contribution in [3.8, 4) is 11.5 Å². The summed E-state index contributed by atoms with van der Waals surface area (Å²) in [5.74, 6) is 0.211. The molecule has 3 aromatic carbocycles. The monoisotopic (exact) mass is 552 g/mol. The maximum atomic E-state index is 13.4. The minimum absolute atomic E-state index is 0.0286. The van der Waals surface area contributed by atoms with Gasteiger partial charge in [0.1, 0.15) is 18.0 Å². The van der Waals surface area contributed by atoms with E-state index in [0.717, 1.165) is 9.87 Å². The van der Waals surface area contributed by atoms with Gasteiger partial charge in [0.15, 0.2) is 6.61 Å². The van der Waals surface area contributed by atoms with Crippen molar-refractivity contribution in [1.29, 1.82) is 0 Å². The normalized spacial score (nSPS) is 11.3. The van der Waals surface area contributed by atoms with Crippen LogP contribution in [0.15, 0.2) is 82.8 Å². The molecule has 0 spiro atoms. The summed E-state index contributed by atoms with van der Waals surface area (Å²) >= 11 is 0.